The van der Waals surface area contributed by atoms with E-state index in [1.807, 2.05) is 13.8 Å². The maximum absolute atomic E-state index is 14.4. The van der Waals surface area contributed by atoms with Gasteiger partial charge in [-0.1, -0.05) is 32.0 Å². The summed E-state index contributed by atoms with van der Waals surface area (Å²) in [4.78, 5) is 12.8. The first-order valence-corrected chi connectivity index (χ1v) is 7.81. The molecule has 2 aliphatic rings. The van der Waals surface area contributed by atoms with Crippen molar-refractivity contribution in [3.63, 3.8) is 0 Å². The van der Waals surface area contributed by atoms with E-state index >= 15 is 0 Å². The molecule has 7 heteroatoms. The van der Waals surface area contributed by atoms with Crippen LogP contribution in [0.15, 0.2) is 40.2 Å². The lowest BCUT2D eigenvalue weighted by atomic mass is 9.73. The van der Waals surface area contributed by atoms with E-state index in [9.17, 15) is 9.18 Å². The fraction of sp³-hybridized carbons (Fsp3) is 0.353. The van der Waals surface area contributed by atoms with E-state index in [2.05, 4.69) is 20.9 Å². The van der Waals surface area contributed by atoms with Gasteiger partial charge < -0.3 is 10.6 Å². The zero-order valence-electron chi connectivity index (χ0n) is 13.4. The summed E-state index contributed by atoms with van der Waals surface area (Å²) in [7, 11) is 0. The Bertz CT molecular complexity index is 856. The lowest BCUT2D eigenvalue weighted by Gasteiger charge is -2.34. The molecule has 1 aromatic carbocycles. The average Bonchev–Trinajstić information content (AvgIpc) is 2.86. The van der Waals surface area contributed by atoms with Gasteiger partial charge in [0.05, 0.1) is 6.04 Å². The van der Waals surface area contributed by atoms with Crippen molar-refractivity contribution < 1.29 is 13.8 Å². The zero-order chi connectivity index (χ0) is 16.9. The SMILES string of the molecule is CC1(C)CC(=O)C2=C(C1)Nc1nonc1N[C@H]2c1ccccc1F. The number of halogens is 1. The molecule has 1 atom stereocenters. The van der Waals surface area contributed by atoms with Gasteiger partial charge in [0.2, 0.25) is 11.6 Å². The number of carbonyl (C=O) groups excluding carboxylic acids is 1. The number of Topliss-reactive ketones (excluding diaryl/α,β-unsaturated/α-hetero) is 1. The van der Waals surface area contributed by atoms with Gasteiger partial charge in [-0.05, 0) is 28.2 Å². The standard InChI is InChI=1S/C17H17FN4O2/c1-17(2)7-11-13(12(23)8-17)14(9-5-3-4-6-10(9)18)20-16-15(19-11)21-24-22-16/h3-6,14H,7-8H2,1-2H3,(H,19,21)(H,20,22)/t14-/m0/s1. The second-order valence-corrected chi connectivity index (χ2v) is 7.02. The molecule has 0 radical (unpaired) electrons. The number of rotatable bonds is 1. The van der Waals surface area contributed by atoms with E-state index in [1.165, 1.54) is 6.07 Å². The fourth-order valence-corrected chi connectivity index (χ4v) is 3.44. The minimum Gasteiger partial charge on any atom is -0.353 e. The summed E-state index contributed by atoms with van der Waals surface area (Å²) < 4.78 is 19.2. The minimum atomic E-state index is -0.634. The predicted molar refractivity (Wildman–Crippen MR) is 85.7 cm³/mol. The van der Waals surface area contributed by atoms with Crippen molar-refractivity contribution in [2.75, 3.05) is 10.6 Å². The van der Waals surface area contributed by atoms with E-state index in [1.54, 1.807) is 18.2 Å². The van der Waals surface area contributed by atoms with E-state index < -0.39 is 6.04 Å². The molecule has 1 aliphatic heterocycles. The van der Waals surface area contributed by atoms with Crippen LogP contribution >= 0.6 is 0 Å². The Morgan fingerprint density at radius 1 is 1.21 bits per heavy atom. The monoisotopic (exact) mass is 328 g/mol. The van der Waals surface area contributed by atoms with Gasteiger partial charge in [0, 0.05) is 23.3 Å². The Labute approximate surface area is 138 Å². The number of anilines is 2. The van der Waals surface area contributed by atoms with Crippen LogP contribution in [0.4, 0.5) is 16.0 Å². The summed E-state index contributed by atoms with van der Waals surface area (Å²) in [5.74, 6) is 0.395. The van der Waals surface area contributed by atoms with Crippen LogP contribution in [0.25, 0.3) is 0 Å². The van der Waals surface area contributed by atoms with Crippen LogP contribution in [-0.4, -0.2) is 16.1 Å². The molecule has 0 saturated heterocycles. The van der Waals surface area contributed by atoms with Crippen molar-refractivity contribution >= 4 is 17.4 Å². The summed E-state index contributed by atoms with van der Waals surface area (Å²) >= 11 is 0. The van der Waals surface area contributed by atoms with Crippen molar-refractivity contribution in [2.45, 2.75) is 32.7 Å². The molecule has 0 saturated carbocycles. The highest BCUT2D eigenvalue weighted by atomic mass is 19.1. The molecule has 1 aromatic heterocycles. The highest BCUT2D eigenvalue weighted by molar-refractivity contribution is 6.00. The van der Waals surface area contributed by atoms with Gasteiger partial charge in [0.25, 0.3) is 0 Å². The van der Waals surface area contributed by atoms with Crippen molar-refractivity contribution in [2.24, 2.45) is 5.41 Å². The second-order valence-electron chi connectivity index (χ2n) is 7.02. The van der Waals surface area contributed by atoms with E-state index in [0.29, 0.717) is 35.6 Å². The number of allylic oxidation sites excluding steroid dienone is 1. The molecule has 0 bridgehead atoms. The van der Waals surface area contributed by atoms with Crippen LogP contribution in [0.1, 0.15) is 38.3 Å². The van der Waals surface area contributed by atoms with Crippen molar-refractivity contribution in [3.8, 4) is 0 Å². The number of nitrogens with one attached hydrogen (secondary N) is 2. The molecular formula is C17H17FN4O2. The Hall–Kier alpha value is -2.70. The first-order valence-electron chi connectivity index (χ1n) is 7.81. The molecular weight excluding hydrogens is 311 g/mol. The third kappa shape index (κ3) is 2.36. The third-order valence-electron chi connectivity index (χ3n) is 4.46. The Kier molecular flexibility index (Phi) is 3.19. The maximum atomic E-state index is 14.4. The molecule has 0 spiro atoms. The largest absolute Gasteiger partial charge is 0.353 e. The van der Waals surface area contributed by atoms with Gasteiger partial charge in [-0.3, -0.25) is 4.79 Å². The first-order chi connectivity index (χ1) is 11.4. The molecule has 0 fully saturated rings. The number of hydrogen-bond donors (Lipinski definition) is 2. The van der Waals surface area contributed by atoms with Gasteiger partial charge in [0.15, 0.2) is 5.78 Å². The molecule has 2 heterocycles. The number of carbonyl (C=O) groups is 1. The van der Waals surface area contributed by atoms with E-state index in [0.717, 1.165) is 5.70 Å². The number of ketones is 1. The predicted octanol–water partition coefficient (Wildman–Crippen LogP) is 3.43. The second kappa shape index (κ2) is 5.15. The third-order valence-corrected chi connectivity index (χ3v) is 4.46. The molecule has 4 rings (SSSR count). The van der Waals surface area contributed by atoms with Gasteiger partial charge in [0.1, 0.15) is 5.82 Å². The number of nitrogens with zero attached hydrogens (tertiary/aromatic N) is 2. The van der Waals surface area contributed by atoms with Crippen molar-refractivity contribution in [1.82, 2.24) is 10.3 Å². The molecule has 6 nitrogen and oxygen atoms in total. The summed E-state index contributed by atoms with van der Waals surface area (Å²) in [6.07, 6.45) is 1.07. The van der Waals surface area contributed by atoms with Crippen molar-refractivity contribution in [1.29, 1.82) is 0 Å². The summed E-state index contributed by atoms with van der Waals surface area (Å²) in [6.45, 7) is 4.07. The summed E-state index contributed by atoms with van der Waals surface area (Å²) in [5, 5.41) is 13.9. The normalized spacial score (nSPS) is 22.1. The van der Waals surface area contributed by atoms with Gasteiger partial charge in [-0.15, -0.1) is 0 Å². The quantitative estimate of drug-likeness (QED) is 0.835. The Balaban J connectivity index is 1.90. The molecule has 0 amide bonds. The van der Waals surface area contributed by atoms with Crippen LogP contribution in [0.2, 0.25) is 0 Å². The van der Waals surface area contributed by atoms with Gasteiger partial charge in [-0.25, -0.2) is 9.02 Å². The molecule has 2 N–H and O–H groups in total. The topological polar surface area (TPSA) is 80.1 Å². The smallest absolute Gasteiger partial charge is 0.219 e. The lowest BCUT2D eigenvalue weighted by Crippen LogP contribution is -2.31. The highest BCUT2D eigenvalue weighted by Gasteiger charge is 2.40. The van der Waals surface area contributed by atoms with Gasteiger partial charge in [-0.2, -0.15) is 0 Å². The number of aromatic nitrogens is 2. The number of hydrogen-bond acceptors (Lipinski definition) is 6. The first kappa shape index (κ1) is 14.9. The molecule has 2 aromatic rings. The molecule has 1 aliphatic carbocycles. The van der Waals surface area contributed by atoms with Crippen molar-refractivity contribution in [3.05, 3.63) is 46.9 Å². The highest BCUT2D eigenvalue weighted by Crippen LogP contribution is 2.44. The van der Waals surface area contributed by atoms with Crippen LogP contribution in [0, 0.1) is 11.2 Å². The van der Waals surface area contributed by atoms with Crippen LogP contribution in [0.5, 0.6) is 0 Å². The fourth-order valence-electron chi connectivity index (χ4n) is 3.44. The average molecular weight is 328 g/mol. The lowest BCUT2D eigenvalue weighted by molar-refractivity contribution is -0.118. The minimum absolute atomic E-state index is 0.00315. The molecule has 24 heavy (non-hydrogen) atoms. The molecule has 0 unspecified atom stereocenters. The Morgan fingerprint density at radius 3 is 2.75 bits per heavy atom. The van der Waals surface area contributed by atoms with Crippen LogP contribution in [-0.2, 0) is 4.79 Å². The van der Waals surface area contributed by atoms with Crippen LogP contribution < -0.4 is 10.6 Å². The summed E-state index contributed by atoms with van der Waals surface area (Å²) in [6, 6.07) is 5.79. The summed E-state index contributed by atoms with van der Waals surface area (Å²) in [5.41, 5.74) is 1.51. The Morgan fingerprint density at radius 2 is 1.96 bits per heavy atom. The van der Waals surface area contributed by atoms with Gasteiger partial charge >= 0.3 is 0 Å². The zero-order valence-corrected chi connectivity index (χ0v) is 13.4. The van der Waals surface area contributed by atoms with Crippen LogP contribution in [0.3, 0.4) is 0 Å². The van der Waals surface area contributed by atoms with E-state index in [-0.39, 0.29) is 17.0 Å². The maximum Gasteiger partial charge on any atom is 0.219 e. The number of benzene rings is 1. The molecule has 124 valence electrons. The van der Waals surface area contributed by atoms with E-state index in [4.69, 9.17) is 4.63 Å². The number of fused-ring (bicyclic) bond motifs is 1.